The second-order valence-electron chi connectivity index (χ2n) is 5.07. The molecular weight excluding hydrogens is 298 g/mol. The average Bonchev–Trinajstić information content (AvgIpc) is 2.87. The molecule has 1 aromatic carbocycles. The third-order valence-corrected chi connectivity index (χ3v) is 4.65. The molecule has 1 heterocycles. The topological polar surface area (TPSA) is 55.4 Å². The van der Waals surface area contributed by atoms with Gasteiger partial charge in [0.2, 0.25) is 0 Å². The Balaban J connectivity index is 2.18. The third-order valence-electron chi connectivity index (χ3n) is 3.50. The van der Waals surface area contributed by atoms with Crippen LogP contribution in [0.2, 0.25) is 0 Å². The number of thiophene rings is 1. The van der Waals surface area contributed by atoms with Crippen LogP contribution in [0.1, 0.15) is 38.1 Å². The molecule has 1 amide bonds. The number of hydrogen-bond acceptors (Lipinski definition) is 4. The van der Waals surface area contributed by atoms with Gasteiger partial charge in [0.25, 0.3) is 5.91 Å². The molecule has 4 nitrogen and oxygen atoms in total. The first-order valence-electron chi connectivity index (χ1n) is 7.01. The highest BCUT2D eigenvalue weighted by molar-refractivity contribution is 7.14. The fourth-order valence-electron chi connectivity index (χ4n) is 2.10. The molecule has 0 fully saturated rings. The SMILES string of the molecule is COC(=O)C[C@@H](NC(=O)c1cc(C)c(C)s1)c1ccccc1. The average molecular weight is 317 g/mol. The van der Waals surface area contributed by atoms with Gasteiger partial charge in [0.1, 0.15) is 0 Å². The summed E-state index contributed by atoms with van der Waals surface area (Å²) in [6.45, 7) is 3.96. The minimum atomic E-state index is -0.399. The second-order valence-corrected chi connectivity index (χ2v) is 6.32. The molecule has 0 spiro atoms. The van der Waals surface area contributed by atoms with Gasteiger partial charge in [-0.05, 0) is 31.0 Å². The van der Waals surface area contributed by atoms with E-state index in [1.165, 1.54) is 18.4 Å². The second kappa shape index (κ2) is 7.22. The van der Waals surface area contributed by atoms with Gasteiger partial charge < -0.3 is 10.1 Å². The summed E-state index contributed by atoms with van der Waals surface area (Å²) >= 11 is 1.46. The van der Waals surface area contributed by atoms with Crippen molar-refractivity contribution in [2.45, 2.75) is 26.3 Å². The van der Waals surface area contributed by atoms with Gasteiger partial charge in [-0.15, -0.1) is 11.3 Å². The van der Waals surface area contributed by atoms with E-state index in [1.807, 2.05) is 50.2 Å². The first-order chi connectivity index (χ1) is 10.5. The molecule has 1 atom stereocenters. The van der Waals surface area contributed by atoms with Gasteiger partial charge in [-0.2, -0.15) is 0 Å². The van der Waals surface area contributed by atoms with Crippen molar-refractivity contribution in [2.24, 2.45) is 0 Å². The number of nitrogens with one attached hydrogen (secondary N) is 1. The van der Waals surface area contributed by atoms with Gasteiger partial charge in [-0.1, -0.05) is 30.3 Å². The zero-order valence-electron chi connectivity index (χ0n) is 12.9. The summed E-state index contributed by atoms with van der Waals surface area (Å²) in [7, 11) is 1.35. The van der Waals surface area contributed by atoms with Crippen molar-refractivity contribution in [1.82, 2.24) is 5.32 Å². The zero-order chi connectivity index (χ0) is 16.1. The minimum absolute atomic E-state index is 0.107. The Labute approximate surface area is 134 Å². The summed E-state index contributed by atoms with van der Waals surface area (Å²) in [5.41, 5.74) is 1.98. The van der Waals surface area contributed by atoms with Crippen LogP contribution in [0.5, 0.6) is 0 Å². The number of amides is 1. The molecule has 0 aliphatic carbocycles. The number of methoxy groups -OCH3 is 1. The number of hydrogen-bond donors (Lipinski definition) is 1. The van der Waals surface area contributed by atoms with Gasteiger partial charge in [0.15, 0.2) is 0 Å². The minimum Gasteiger partial charge on any atom is -0.469 e. The van der Waals surface area contributed by atoms with Crippen LogP contribution in [0.15, 0.2) is 36.4 Å². The summed E-state index contributed by atoms with van der Waals surface area (Å²) in [5.74, 6) is -0.522. The van der Waals surface area contributed by atoms with Crippen molar-refractivity contribution < 1.29 is 14.3 Å². The van der Waals surface area contributed by atoms with E-state index in [9.17, 15) is 9.59 Å². The van der Waals surface area contributed by atoms with E-state index >= 15 is 0 Å². The molecule has 0 saturated heterocycles. The lowest BCUT2D eigenvalue weighted by Crippen LogP contribution is -2.30. The molecule has 22 heavy (non-hydrogen) atoms. The number of rotatable bonds is 5. The van der Waals surface area contributed by atoms with Crippen molar-refractivity contribution in [1.29, 1.82) is 0 Å². The number of aryl methyl sites for hydroxylation is 2. The molecule has 0 radical (unpaired) electrons. The highest BCUT2D eigenvalue weighted by Gasteiger charge is 2.20. The van der Waals surface area contributed by atoms with Crippen LogP contribution in [0.4, 0.5) is 0 Å². The molecule has 0 unspecified atom stereocenters. The number of benzene rings is 1. The molecule has 2 rings (SSSR count). The smallest absolute Gasteiger partial charge is 0.307 e. The van der Waals surface area contributed by atoms with E-state index in [4.69, 9.17) is 4.74 Å². The lowest BCUT2D eigenvalue weighted by atomic mass is 10.0. The van der Waals surface area contributed by atoms with E-state index in [-0.39, 0.29) is 18.3 Å². The molecule has 0 aliphatic rings. The number of carbonyl (C=O) groups excluding carboxylic acids is 2. The first-order valence-corrected chi connectivity index (χ1v) is 7.82. The Hall–Kier alpha value is -2.14. The molecule has 0 aliphatic heterocycles. The fraction of sp³-hybridized carbons (Fsp3) is 0.294. The normalized spacial score (nSPS) is 11.8. The molecule has 1 N–H and O–H groups in total. The van der Waals surface area contributed by atoms with Gasteiger partial charge in [0, 0.05) is 4.88 Å². The van der Waals surface area contributed by atoms with E-state index in [0.29, 0.717) is 4.88 Å². The number of ether oxygens (including phenoxy) is 1. The van der Waals surface area contributed by atoms with Gasteiger partial charge in [-0.3, -0.25) is 9.59 Å². The summed E-state index contributed by atoms with van der Waals surface area (Å²) in [6, 6.07) is 10.9. The first kappa shape index (κ1) is 16.2. The standard InChI is InChI=1S/C17H19NO3S/c1-11-9-15(22-12(11)2)17(20)18-14(10-16(19)21-3)13-7-5-4-6-8-13/h4-9,14H,10H2,1-3H3,(H,18,20)/t14-/m1/s1. The Morgan fingerprint density at radius 2 is 1.91 bits per heavy atom. The Kier molecular flexibility index (Phi) is 5.33. The predicted molar refractivity (Wildman–Crippen MR) is 87.1 cm³/mol. The van der Waals surface area contributed by atoms with Crippen LogP contribution in [-0.4, -0.2) is 19.0 Å². The van der Waals surface area contributed by atoms with Gasteiger partial charge in [0.05, 0.1) is 24.4 Å². The highest BCUT2D eigenvalue weighted by Crippen LogP contribution is 2.23. The predicted octanol–water partition coefficient (Wildman–Crippen LogP) is 3.40. The van der Waals surface area contributed by atoms with Crippen LogP contribution >= 0.6 is 11.3 Å². The Morgan fingerprint density at radius 3 is 2.45 bits per heavy atom. The maximum absolute atomic E-state index is 12.4. The van der Waals surface area contributed by atoms with E-state index in [1.54, 1.807) is 0 Å². The van der Waals surface area contributed by atoms with E-state index < -0.39 is 6.04 Å². The molecule has 116 valence electrons. The van der Waals surface area contributed by atoms with Crippen LogP contribution in [0.25, 0.3) is 0 Å². The molecule has 2 aromatic rings. The van der Waals surface area contributed by atoms with Crippen LogP contribution in [0, 0.1) is 13.8 Å². The molecule has 0 saturated carbocycles. The number of carbonyl (C=O) groups is 2. The van der Waals surface area contributed by atoms with Gasteiger partial charge in [-0.25, -0.2) is 0 Å². The van der Waals surface area contributed by atoms with Crippen molar-refractivity contribution >= 4 is 23.2 Å². The van der Waals surface area contributed by atoms with Crippen LogP contribution < -0.4 is 5.32 Å². The maximum atomic E-state index is 12.4. The largest absolute Gasteiger partial charge is 0.469 e. The van der Waals surface area contributed by atoms with E-state index in [0.717, 1.165) is 16.0 Å². The molecule has 5 heteroatoms. The zero-order valence-corrected chi connectivity index (χ0v) is 13.7. The third kappa shape index (κ3) is 3.95. The van der Waals surface area contributed by atoms with Gasteiger partial charge >= 0.3 is 5.97 Å². The molecule has 1 aromatic heterocycles. The van der Waals surface area contributed by atoms with Crippen molar-refractivity contribution in [2.75, 3.05) is 7.11 Å². The fourth-order valence-corrected chi connectivity index (χ4v) is 3.04. The highest BCUT2D eigenvalue weighted by atomic mass is 32.1. The van der Waals surface area contributed by atoms with Crippen LogP contribution in [0.3, 0.4) is 0 Å². The monoisotopic (exact) mass is 317 g/mol. The maximum Gasteiger partial charge on any atom is 0.307 e. The quantitative estimate of drug-likeness (QED) is 0.860. The summed E-state index contributed by atoms with van der Waals surface area (Å²) in [4.78, 5) is 25.8. The Bertz CT molecular complexity index is 644. The van der Waals surface area contributed by atoms with Crippen molar-refractivity contribution in [3.63, 3.8) is 0 Å². The summed E-state index contributed by atoms with van der Waals surface area (Å²) in [5, 5.41) is 2.93. The summed E-state index contributed by atoms with van der Waals surface area (Å²) < 4.78 is 4.73. The molecule has 0 bridgehead atoms. The lowest BCUT2D eigenvalue weighted by Gasteiger charge is -2.17. The van der Waals surface area contributed by atoms with Crippen molar-refractivity contribution in [3.8, 4) is 0 Å². The number of esters is 1. The lowest BCUT2D eigenvalue weighted by molar-refractivity contribution is -0.141. The summed E-state index contributed by atoms with van der Waals surface area (Å²) in [6.07, 6.45) is 0.107. The van der Waals surface area contributed by atoms with E-state index in [2.05, 4.69) is 5.32 Å². The molecular formula is C17H19NO3S. The van der Waals surface area contributed by atoms with Crippen molar-refractivity contribution in [3.05, 3.63) is 57.3 Å². The van der Waals surface area contributed by atoms with Crippen LogP contribution in [-0.2, 0) is 9.53 Å². The Morgan fingerprint density at radius 1 is 1.23 bits per heavy atom.